The van der Waals surface area contributed by atoms with Gasteiger partial charge in [-0.3, -0.25) is 4.79 Å². The Labute approximate surface area is 108 Å². The van der Waals surface area contributed by atoms with Crippen LogP contribution >= 0.6 is 0 Å². The Kier molecular flexibility index (Phi) is 4.20. The van der Waals surface area contributed by atoms with Gasteiger partial charge >= 0.3 is 0 Å². The summed E-state index contributed by atoms with van der Waals surface area (Å²) in [6.45, 7) is 6.32. The summed E-state index contributed by atoms with van der Waals surface area (Å²) in [5.74, 6) is 0.800. The second-order valence-corrected chi connectivity index (χ2v) is 4.66. The highest BCUT2D eigenvalue weighted by molar-refractivity contribution is 5.81. The highest BCUT2D eigenvalue weighted by Crippen LogP contribution is 2.13. The normalized spacial score (nSPS) is 21.4. The molecular formula is C14H20N2O2. The van der Waals surface area contributed by atoms with E-state index in [9.17, 15) is 4.79 Å². The van der Waals surface area contributed by atoms with Crippen LogP contribution in [0.2, 0.25) is 0 Å². The molecule has 0 radical (unpaired) electrons. The first-order valence-corrected chi connectivity index (χ1v) is 6.41. The van der Waals surface area contributed by atoms with Crippen LogP contribution in [-0.2, 0) is 4.79 Å². The first kappa shape index (κ1) is 12.9. The van der Waals surface area contributed by atoms with Crippen LogP contribution in [0, 0.1) is 0 Å². The lowest BCUT2D eigenvalue weighted by molar-refractivity contribution is -0.140. The average molecular weight is 248 g/mol. The molecular weight excluding hydrogens is 228 g/mol. The number of hydrogen-bond acceptors (Lipinski definition) is 3. The molecule has 1 aliphatic heterocycles. The third-order valence-electron chi connectivity index (χ3n) is 3.19. The molecule has 4 nitrogen and oxygen atoms in total. The van der Waals surface area contributed by atoms with Crippen LogP contribution in [0.5, 0.6) is 5.75 Å². The molecule has 1 aliphatic rings. The predicted molar refractivity (Wildman–Crippen MR) is 70.6 cm³/mol. The molecule has 1 fully saturated rings. The Morgan fingerprint density at radius 3 is 2.83 bits per heavy atom. The van der Waals surface area contributed by atoms with Crippen LogP contribution in [0.15, 0.2) is 30.3 Å². The molecule has 0 saturated carbocycles. The van der Waals surface area contributed by atoms with E-state index in [1.807, 2.05) is 42.2 Å². The van der Waals surface area contributed by atoms with Crippen molar-refractivity contribution in [2.45, 2.75) is 26.0 Å². The maximum Gasteiger partial charge on any atom is 0.263 e. The van der Waals surface area contributed by atoms with Crippen molar-refractivity contribution in [3.8, 4) is 5.75 Å². The summed E-state index contributed by atoms with van der Waals surface area (Å²) < 4.78 is 5.67. The Bertz CT molecular complexity index is 394. The molecule has 0 spiro atoms. The number of piperazine rings is 1. The van der Waals surface area contributed by atoms with E-state index in [4.69, 9.17) is 4.74 Å². The van der Waals surface area contributed by atoms with Gasteiger partial charge in [0.2, 0.25) is 0 Å². The number of para-hydroxylation sites is 1. The van der Waals surface area contributed by atoms with Crippen molar-refractivity contribution in [2.24, 2.45) is 0 Å². The minimum Gasteiger partial charge on any atom is -0.481 e. The largest absolute Gasteiger partial charge is 0.481 e. The molecule has 2 atom stereocenters. The molecule has 1 unspecified atom stereocenters. The number of carbonyl (C=O) groups excluding carboxylic acids is 1. The molecule has 1 aromatic rings. The predicted octanol–water partition coefficient (Wildman–Crippen LogP) is 1.27. The highest BCUT2D eigenvalue weighted by atomic mass is 16.5. The van der Waals surface area contributed by atoms with Crippen molar-refractivity contribution < 1.29 is 9.53 Å². The summed E-state index contributed by atoms with van der Waals surface area (Å²) in [6.07, 6.45) is -0.437. The van der Waals surface area contributed by atoms with Gasteiger partial charge in [-0.25, -0.2) is 0 Å². The fourth-order valence-corrected chi connectivity index (χ4v) is 2.16. The Hall–Kier alpha value is -1.55. The molecule has 1 saturated heterocycles. The smallest absolute Gasteiger partial charge is 0.263 e. The number of hydrogen-bond donors (Lipinski definition) is 1. The topological polar surface area (TPSA) is 41.6 Å². The average Bonchev–Trinajstić information content (AvgIpc) is 2.39. The molecule has 1 amide bonds. The molecule has 18 heavy (non-hydrogen) atoms. The lowest BCUT2D eigenvalue weighted by Crippen LogP contribution is -2.55. The van der Waals surface area contributed by atoms with E-state index < -0.39 is 6.10 Å². The highest BCUT2D eigenvalue weighted by Gasteiger charge is 2.27. The van der Waals surface area contributed by atoms with Crippen molar-refractivity contribution in [3.05, 3.63) is 30.3 Å². The van der Waals surface area contributed by atoms with Crippen LogP contribution in [0.25, 0.3) is 0 Å². The molecule has 1 N–H and O–H groups in total. The van der Waals surface area contributed by atoms with E-state index in [-0.39, 0.29) is 11.9 Å². The van der Waals surface area contributed by atoms with Gasteiger partial charge < -0.3 is 15.0 Å². The van der Waals surface area contributed by atoms with Crippen molar-refractivity contribution in [3.63, 3.8) is 0 Å². The van der Waals surface area contributed by atoms with Gasteiger partial charge in [0, 0.05) is 25.7 Å². The first-order chi connectivity index (χ1) is 8.68. The molecule has 0 bridgehead atoms. The summed E-state index contributed by atoms with van der Waals surface area (Å²) in [5.41, 5.74) is 0. The van der Waals surface area contributed by atoms with Crippen molar-refractivity contribution in [2.75, 3.05) is 19.6 Å². The number of rotatable bonds is 3. The molecule has 0 aromatic heterocycles. The monoisotopic (exact) mass is 248 g/mol. The lowest BCUT2D eigenvalue weighted by atomic mass is 10.2. The van der Waals surface area contributed by atoms with Gasteiger partial charge in [-0.1, -0.05) is 18.2 Å². The summed E-state index contributed by atoms with van der Waals surface area (Å²) in [5, 5.41) is 3.27. The summed E-state index contributed by atoms with van der Waals surface area (Å²) in [7, 11) is 0. The fraction of sp³-hybridized carbons (Fsp3) is 0.500. The minimum absolute atomic E-state index is 0.0628. The number of carbonyl (C=O) groups is 1. The number of nitrogens with zero attached hydrogens (tertiary/aromatic N) is 1. The number of nitrogens with one attached hydrogen (secondary N) is 1. The Morgan fingerprint density at radius 2 is 2.17 bits per heavy atom. The van der Waals surface area contributed by atoms with E-state index >= 15 is 0 Å². The third-order valence-corrected chi connectivity index (χ3v) is 3.19. The van der Waals surface area contributed by atoms with Crippen LogP contribution in [0.3, 0.4) is 0 Å². The first-order valence-electron chi connectivity index (χ1n) is 6.41. The van der Waals surface area contributed by atoms with Gasteiger partial charge in [0.1, 0.15) is 5.75 Å². The van der Waals surface area contributed by atoms with Crippen LogP contribution in [-0.4, -0.2) is 42.6 Å². The molecule has 98 valence electrons. The molecule has 1 heterocycles. The summed E-state index contributed by atoms with van der Waals surface area (Å²) >= 11 is 0. The fourth-order valence-electron chi connectivity index (χ4n) is 2.16. The van der Waals surface area contributed by atoms with E-state index in [0.717, 1.165) is 25.4 Å². The van der Waals surface area contributed by atoms with E-state index in [0.29, 0.717) is 0 Å². The Morgan fingerprint density at radius 1 is 1.44 bits per heavy atom. The SMILES string of the molecule is CC(Oc1ccccc1)C(=O)N1CCNC[C@H]1C. The summed E-state index contributed by atoms with van der Waals surface area (Å²) in [6, 6.07) is 9.70. The van der Waals surface area contributed by atoms with Gasteiger partial charge in [-0.05, 0) is 26.0 Å². The maximum absolute atomic E-state index is 12.3. The van der Waals surface area contributed by atoms with Gasteiger partial charge in [-0.15, -0.1) is 0 Å². The standard InChI is InChI=1S/C14H20N2O2/c1-11-10-15-8-9-16(11)14(17)12(2)18-13-6-4-3-5-7-13/h3-7,11-12,15H,8-10H2,1-2H3/t11-,12?/m1/s1. The van der Waals surface area contributed by atoms with Crippen LogP contribution in [0.1, 0.15) is 13.8 Å². The number of benzene rings is 1. The van der Waals surface area contributed by atoms with Gasteiger partial charge in [0.05, 0.1) is 0 Å². The van der Waals surface area contributed by atoms with Crippen molar-refractivity contribution >= 4 is 5.91 Å². The second-order valence-electron chi connectivity index (χ2n) is 4.66. The zero-order valence-corrected chi connectivity index (χ0v) is 10.9. The lowest BCUT2D eigenvalue weighted by Gasteiger charge is -2.35. The summed E-state index contributed by atoms with van der Waals surface area (Å²) in [4.78, 5) is 14.2. The van der Waals surface area contributed by atoms with Crippen molar-refractivity contribution in [1.29, 1.82) is 0 Å². The van der Waals surface area contributed by atoms with E-state index in [1.165, 1.54) is 0 Å². The van der Waals surface area contributed by atoms with Gasteiger partial charge in [0.15, 0.2) is 6.10 Å². The molecule has 4 heteroatoms. The van der Waals surface area contributed by atoms with Crippen molar-refractivity contribution in [1.82, 2.24) is 10.2 Å². The molecule has 1 aromatic carbocycles. The number of amides is 1. The van der Waals surface area contributed by atoms with Crippen LogP contribution < -0.4 is 10.1 Å². The maximum atomic E-state index is 12.3. The van der Waals surface area contributed by atoms with E-state index in [1.54, 1.807) is 0 Å². The minimum atomic E-state index is -0.437. The third kappa shape index (κ3) is 3.01. The van der Waals surface area contributed by atoms with Crippen LogP contribution in [0.4, 0.5) is 0 Å². The van der Waals surface area contributed by atoms with Gasteiger partial charge in [0.25, 0.3) is 5.91 Å². The number of ether oxygens (including phenoxy) is 1. The Balaban J connectivity index is 1.96. The zero-order chi connectivity index (χ0) is 13.0. The quantitative estimate of drug-likeness (QED) is 0.876. The van der Waals surface area contributed by atoms with E-state index in [2.05, 4.69) is 12.2 Å². The van der Waals surface area contributed by atoms with Gasteiger partial charge in [-0.2, -0.15) is 0 Å². The molecule has 0 aliphatic carbocycles. The zero-order valence-electron chi connectivity index (χ0n) is 10.9. The second kappa shape index (κ2) is 5.87. The molecule has 2 rings (SSSR count).